The number of aromatic nitrogens is 1. The van der Waals surface area contributed by atoms with Crippen molar-refractivity contribution >= 4 is 10.9 Å². The van der Waals surface area contributed by atoms with E-state index in [2.05, 4.69) is 54.2 Å². The highest BCUT2D eigenvalue weighted by Gasteiger charge is 2.36. The van der Waals surface area contributed by atoms with Crippen molar-refractivity contribution in [2.24, 2.45) is 0 Å². The number of para-hydroxylation sites is 1. The summed E-state index contributed by atoms with van der Waals surface area (Å²) in [6, 6.07) is 10.7. The number of hydrogen-bond donors (Lipinski definition) is 1. The molecule has 0 bridgehead atoms. The van der Waals surface area contributed by atoms with Crippen LogP contribution in [0.4, 0.5) is 0 Å². The van der Waals surface area contributed by atoms with E-state index in [0.29, 0.717) is 0 Å². The van der Waals surface area contributed by atoms with Crippen LogP contribution in [0.15, 0.2) is 30.3 Å². The number of ether oxygens (including phenoxy) is 3. The van der Waals surface area contributed by atoms with Crippen molar-refractivity contribution in [3.63, 3.8) is 0 Å². The van der Waals surface area contributed by atoms with Crippen LogP contribution in [0, 0.1) is 6.92 Å². The van der Waals surface area contributed by atoms with Gasteiger partial charge in [-0.3, -0.25) is 4.90 Å². The molecule has 1 aromatic heterocycles. The molecular weight excluding hydrogens is 328 g/mol. The fraction of sp³-hybridized carbons (Fsp3) is 0.333. The minimum Gasteiger partial charge on any atom is -0.492 e. The molecule has 5 nitrogen and oxygen atoms in total. The first-order valence-electron chi connectivity index (χ1n) is 8.96. The van der Waals surface area contributed by atoms with E-state index in [9.17, 15) is 0 Å². The number of aromatic amines is 1. The van der Waals surface area contributed by atoms with Gasteiger partial charge in [-0.05, 0) is 38.1 Å². The molecular formula is C21H22N2O3. The van der Waals surface area contributed by atoms with Gasteiger partial charge in [-0.2, -0.15) is 0 Å². The van der Waals surface area contributed by atoms with E-state index < -0.39 is 0 Å². The summed E-state index contributed by atoms with van der Waals surface area (Å²) < 4.78 is 17.2. The molecule has 0 amide bonds. The smallest absolute Gasteiger partial charge is 0.231 e. The maximum atomic E-state index is 5.84. The van der Waals surface area contributed by atoms with Crippen molar-refractivity contribution in [1.29, 1.82) is 0 Å². The normalized spacial score (nSPS) is 19.0. The molecule has 0 spiro atoms. The molecule has 0 fully saturated rings. The molecule has 2 aromatic carbocycles. The lowest BCUT2D eigenvalue weighted by Crippen LogP contribution is -2.33. The van der Waals surface area contributed by atoms with Gasteiger partial charge in [-0.25, -0.2) is 0 Å². The zero-order valence-electron chi connectivity index (χ0n) is 15.3. The van der Waals surface area contributed by atoms with Crippen LogP contribution in [0.3, 0.4) is 0 Å². The SMILES string of the molecule is COc1c2c(cc3c1[C@H](c1c(C)[nH]c4ccccc14)N(C)CC3)OCO2. The van der Waals surface area contributed by atoms with Crippen LogP contribution in [0.5, 0.6) is 17.2 Å². The van der Waals surface area contributed by atoms with Crippen LogP contribution in [0.1, 0.15) is 28.4 Å². The van der Waals surface area contributed by atoms with Crippen LogP contribution >= 0.6 is 0 Å². The third-order valence-corrected chi connectivity index (χ3v) is 5.61. The van der Waals surface area contributed by atoms with Crippen molar-refractivity contribution in [1.82, 2.24) is 9.88 Å². The first-order valence-corrected chi connectivity index (χ1v) is 8.96. The molecule has 2 aliphatic rings. The minimum absolute atomic E-state index is 0.111. The second-order valence-electron chi connectivity index (χ2n) is 7.06. The molecule has 0 saturated heterocycles. The average Bonchev–Trinajstić information content (AvgIpc) is 3.23. The predicted molar refractivity (Wildman–Crippen MR) is 100 cm³/mol. The number of nitrogens with zero attached hydrogens (tertiary/aromatic N) is 1. The molecule has 1 atom stereocenters. The van der Waals surface area contributed by atoms with E-state index in [4.69, 9.17) is 14.2 Å². The number of benzene rings is 2. The van der Waals surface area contributed by atoms with Crippen molar-refractivity contribution in [2.45, 2.75) is 19.4 Å². The Hall–Kier alpha value is -2.66. The fourth-order valence-electron chi connectivity index (χ4n) is 4.45. The van der Waals surface area contributed by atoms with Gasteiger partial charge in [0.25, 0.3) is 0 Å². The topological polar surface area (TPSA) is 46.7 Å². The second-order valence-corrected chi connectivity index (χ2v) is 7.06. The zero-order chi connectivity index (χ0) is 17.8. The van der Waals surface area contributed by atoms with E-state index in [1.54, 1.807) is 7.11 Å². The van der Waals surface area contributed by atoms with Gasteiger partial charge in [-0.15, -0.1) is 0 Å². The molecule has 5 rings (SSSR count). The number of hydrogen-bond acceptors (Lipinski definition) is 4. The maximum Gasteiger partial charge on any atom is 0.231 e. The van der Waals surface area contributed by atoms with Gasteiger partial charge >= 0.3 is 0 Å². The zero-order valence-corrected chi connectivity index (χ0v) is 15.3. The van der Waals surface area contributed by atoms with E-state index >= 15 is 0 Å². The Labute approximate surface area is 152 Å². The highest BCUT2D eigenvalue weighted by Crippen LogP contribution is 2.51. The molecule has 3 heterocycles. The molecule has 2 aliphatic heterocycles. The largest absolute Gasteiger partial charge is 0.492 e. The summed E-state index contributed by atoms with van der Waals surface area (Å²) in [4.78, 5) is 5.94. The van der Waals surface area contributed by atoms with Crippen LogP contribution in [0.2, 0.25) is 0 Å². The van der Waals surface area contributed by atoms with Crippen LogP contribution in [-0.4, -0.2) is 37.4 Å². The number of likely N-dealkylation sites (N-methyl/N-ethyl adjacent to an activating group) is 1. The highest BCUT2D eigenvalue weighted by atomic mass is 16.7. The second kappa shape index (κ2) is 5.68. The Morgan fingerprint density at radius 2 is 2.04 bits per heavy atom. The molecule has 134 valence electrons. The summed E-state index contributed by atoms with van der Waals surface area (Å²) in [5, 5.41) is 1.26. The Balaban J connectivity index is 1.80. The summed E-state index contributed by atoms with van der Waals surface area (Å²) in [5.41, 5.74) is 6.13. The standard InChI is InChI=1S/C21H22N2O3/c1-12-17(14-6-4-5-7-15(14)22-12)19-18-13(8-9-23(19)2)10-16-20(21(18)24-3)26-11-25-16/h4-7,10,19,22H,8-9,11H2,1-3H3/t19-/m0/s1. The van der Waals surface area contributed by atoms with Gasteiger partial charge in [0.1, 0.15) is 0 Å². The summed E-state index contributed by atoms with van der Waals surface area (Å²) in [5.74, 6) is 2.32. The number of methoxy groups -OCH3 is 1. The maximum absolute atomic E-state index is 5.84. The summed E-state index contributed by atoms with van der Waals surface area (Å²) in [6.45, 7) is 3.39. The van der Waals surface area contributed by atoms with E-state index in [1.807, 2.05) is 0 Å². The Morgan fingerprint density at radius 1 is 1.19 bits per heavy atom. The molecule has 0 unspecified atom stereocenters. The van der Waals surface area contributed by atoms with E-state index in [0.717, 1.165) is 30.2 Å². The molecule has 1 N–H and O–H groups in total. The summed E-state index contributed by atoms with van der Waals surface area (Å²) >= 11 is 0. The van der Waals surface area contributed by atoms with Gasteiger partial charge in [-0.1, -0.05) is 18.2 Å². The Kier molecular flexibility index (Phi) is 3.40. The number of H-pyrrole nitrogens is 1. The van der Waals surface area contributed by atoms with Crippen molar-refractivity contribution in [3.8, 4) is 17.2 Å². The van der Waals surface area contributed by atoms with Crippen molar-refractivity contribution < 1.29 is 14.2 Å². The number of aryl methyl sites for hydroxylation is 1. The first-order chi connectivity index (χ1) is 12.7. The van der Waals surface area contributed by atoms with Crippen molar-refractivity contribution in [2.75, 3.05) is 27.5 Å². The monoisotopic (exact) mass is 350 g/mol. The van der Waals surface area contributed by atoms with Gasteiger partial charge < -0.3 is 19.2 Å². The molecule has 3 aromatic rings. The van der Waals surface area contributed by atoms with Gasteiger partial charge in [0.15, 0.2) is 11.5 Å². The minimum atomic E-state index is 0.111. The lowest BCUT2D eigenvalue weighted by Gasteiger charge is -2.36. The summed E-state index contributed by atoms with van der Waals surface area (Å²) in [7, 11) is 3.89. The fourth-order valence-corrected chi connectivity index (χ4v) is 4.45. The number of rotatable bonds is 2. The van der Waals surface area contributed by atoms with Gasteiger partial charge in [0, 0.05) is 34.3 Å². The molecule has 0 aliphatic carbocycles. The van der Waals surface area contributed by atoms with Crippen LogP contribution < -0.4 is 14.2 Å². The quantitative estimate of drug-likeness (QED) is 0.764. The third kappa shape index (κ3) is 2.07. The lowest BCUT2D eigenvalue weighted by molar-refractivity contribution is 0.171. The van der Waals surface area contributed by atoms with Crippen LogP contribution in [-0.2, 0) is 6.42 Å². The molecule has 0 saturated carbocycles. The van der Waals surface area contributed by atoms with Gasteiger partial charge in [0.2, 0.25) is 12.5 Å². The predicted octanol–water partition coefficient (Wildman–Crippen LogP) is 3.79. The summed E-state index contributed by atoms with van der Waals surface area (Å²) in [6.07, 6.45) is 0.969. The lowest BCUT2D eigenvalue weighted by atomic mass is 9.86. The van der Waals surface area contributed by atoms with E-state index in [-0.39, 0.29) is 12.8 Å². The first kappa shape index (κ1) is 15.6. The number of nitrogens with one attached hydrogen (secondary N) is 1. The van der Waals surface area contributed by atoms with Crippen LogP contribution in [0.25, 0.3) is 10.9 Å². The number of fused-ring (bicyclic) bond motifs is 3. The third-order valence-electron chi connectivity index (χ3n) is 5.61. The molecule has 0 radical (unpaired) electrons. The average molecular weight is 350 g/mol. The molecule has 26 heavy (non-hydrogen) atoms. The van der Waals surface area contributed by atoms with Crippen molar-refractivity contribution in [3.05, 3.63) is 52.7 Å². The Morgan fingerprint density at radius 3 is 2.88 bits per heavy atom. The van der Waals surface area contributed by atoms with E-state index in [1.165, 1.54) is 33.3 Å². The Bertz CT molecular complexity index is 1010. The highest BCUT2D eigenvalue weighted by molar-refractivity contribution is 5.86. The molecule has 5 heteroatoms. The van der Waals surface area contributed by atoms with Gasteiger partial charge in [0.05, 0.1) is 13.2 Å².